The molecule has 0 aliphatic carbocycles. The van der Waals surface area contributed by atoms with Gasteiger partial charge >= 0.3 is 0 Å². The van der Waals surface area contributed by atoms with Crippen LogP contribution in [0, 0.1) is 11.8 Å². The monoisotopic (exact) mass is 293 g/mol. The summed E-state index contributed by atoms with van der Waals surface area (Å²) in [6, 6.07) is 12.2. The highest BCUT2D eigenvalue weighted by atomic mass is 16.1. The van der Waals surface area contributed by atoms with Gasteiger partial charge in [-0.05, 0) is 30.9 Å². The van der Waals surface area contributed by atoms with Gasteiger partial charge in [0.05, 0.1) is 5.52 Å². The molecule has 0 radical (unpaired) electrons. The van der Waals surface area contributed by atoms with Crippen LogP contribution in [-0.2, 0) is 4.79 Å². The first kappa shape index (κ1) is 16.2. The number of rotatable bonds is 8. The maximum absolute atomic E-state index is 10.2. The smallest absolute Gasteiger partial charge is 0.119 e. The van der Waals surface area contributed by atoms with Crippen LogP contribution in [0.15, 0.2) is 36.4 Å². The Kier molecular flexibility index (Phi) is 7.18. The number of nitrogens with zero attached hydrogens (tertiary/aromatic N) is 1. The molecule has 2 nitrogen and oxygen atoms in total. The molecule has 0 amide bonds. The number of benzene rings is 1. The van der Waals surface area contributed by atoms with Crippen LogP contribution in [0.3, 0.4) is 0 Å². The Hall–Kier alpha value is -2.14. The highest BCUT2D eigenvalue weighted by molar-refractivity contribution is 5.78. The number of unbranched alkanes of at least 4 members (excludes halogenated alkanes) is 7. The number of carbonyl (C=O) groups excluding carboxylic acids is 1. The van der Waals surface area contributed by atoms with E-state index < -0.39 is 0 Å². The average Bonchev–Trinajstić information content (AvgIpc) is 2.56. The number of fused-ring (bicyclic) bond motifs is 1. The molecule has 0 aliphatic heterocycles. The first-order valence-electron chi connectivity index (χ1n) is 8.18. The Morgan fingerprint density at radius 3 is 2.55 bits per heavy atom. The summed E-state index contributed by atoms with van der Waals surface area (Å²) in [6.45, 7) is 0. The summed E-state index contributed by atoms with van der Waals surface area (Å²) >= 11 is 0. The molecule has 2 aromatic rings. The zero-order chi connectivity index (χ0) is 15.5. The molecule has 0 fully saturated rings. The van der Waals surface area contributed by atoms with Crippen molar-refractivity contribution in [3.63, 3.8) is 0 Å². The molecule has 22 heavy (non-hydrogen) atoms. The largest absolute Gasteiger partial charge is 0.303 e. The van der Waals surface area contributed by atoms with Gasteiger partial charge in [-0.15, -0.1) is 0 Å². The van der Waals surface area contributed by atoms with E-state index in [2.05, 4.69) is 29.0 Å². The lowest BCUT2D eigenvalue weighted by Crippen LogP contribution is -1.84. The predicted octanol–water partition coefficient (Wildman–Crippen LogP) is 4.91. The van der Waals surface area contributed by atoms with Gasteiger partial charge in [0.15, 0.2) is 0 Å². The van der Waals surface area contributed by atoms with E-state index in [1.54, 1.807) is 0 Å². The number of para-hydroxylation sites is 1. The van der Waals surface area contributed by atoms with E-state index in [-0.39, 0.29) is 0 Å². The van der Waals surface area contributed by atoms with Crippen molar-refractivity contribution in [2.24, 2.45) is 0 Å². The Labute approximate surface area is 133 Å². The Morgan fingerprint density at radius 1 is 0.909 bits per heavy atom. The molecule has 1 heterocycles. The molecule has 0 unspecified atom stereocenters. The highest BCUT2D eigenvalue weighted by Gasteiger charge is 1.94. The molecule has 2 heteroatoms. The van der Waals surface area contributed by atoms with Gasteiger partial charge in [-0.2, -0.15) is 0 Å². The van der Waals surface area contributed by atoms with Crippen LogP contribution in [0.1, 0.15) is 57.1 Å². The SMILES string of the molecule is O=CCCCCCCCCC#Cc1ccc2ccccc2n1. The highest BCUT2D eigenvalue weighted by Crippen LogP contribution is 2.11. The number of hydrogen-bond donors (Lipinski definition) is 0. The maximum Gasteiger partial charge on any atom is 0.119 e. The van der Waals surface area contributed by atoms with Gasteiger partial charge in [0.25, 0.3) is 0 Å². The van der Waals surface area contributed by atoms with Crippen LogP contribution in [0.25, 0.3) is 10.9 Å². The first-order chi connectivity index (χ1) is 10.9. The van der Waals surface area contributed by atoms with Crippen molar-refractivity contribution < 1.29 is 4.79 Å². The lowest BCUT2D eigenvalue weighted by Gasteiger charge is -1.98. The van der Waals surface area contributed by atoms with Crippen molar-refractivity contribution in [2.75, 3.05) is 0 Å². The molecule has 0 aliphatic rings. The van der Waals surface area contributed by atoms with Gasteiger partial charge in [0.1, 0.15) is 12.0 Å². The van der Waals surface area contributed by atoms with Gasteiger partial charge in [0.2, 0.25) is 0 Å². The molecular formula is C20H23NO. The lowest BCUT2D eigenvalue weighted by molar-refractivity contribution is -0.107. The third-order valence-electron chi connectivity index (χ3n) is 3.69. The maximum atomic E-state index is 10.2. The zero-order valence-corrected chi connectivity index (χ0v) is 13.1. The van der Waals surface area contributed by atoms with Crippen LogP contribution in [-0.4, -0.2) is 11.3 Å². The van der Waals surface area contributed by atoms with Crippen LogP contribution in [0.2, 0.25) is 0 Å². The molecule has 0 spiro atoms. The quantitative estimate of drug-likeness (QED) is 0.393. The van der Waals surface area contributed by atoms with Gasteiger partial charge in [-0.1, -0.05) is 55.9 Å². The van der Waals surface area contributed by atoms with E-state index in [1.807, 2.05) is 24.3 Å². The molecule has 0 saturated carbocycles. The standard InChI is InChI=1S/C20H23NO/c22-17-11-7-5-3-1-2-4-6-8-13-19-16-15-18-12-9-10-14-20(18)21-19/h9-10,12,14-17H,1-7,11H2. The molecule has 0 N–H and O–H groups in total. The summed E-state index contributed by atoms with van der Waals surface area (Å²) in [6.07, 6.45) is 9.71. The van der Waals surface area contributed by atoms with Crippen LogP contribution < -0.4 is 0 Å². The summed E-state index contributed by atoms with van der Waals surface area (Å²) in [5.74, 6) is 6.37. The van der Waals surface area contributed by atoms with Crippen LogP contribution >= 0.6 is 0 Å². The second-order valence-corrected chi connectivity index (χ2v) is 5.52. The average molecular weight is 293 g/mol. The topological polar surface area (TPSA) is 30.0 Å². The summed E-state index contributed by atoms with van der Waals surface area (Å²) in [5.41, 5.74) is 1.86. The molecule has 2 rings (SSSR count). The molecular weight excluding hydrogens is 270 g/mol. The second-order valence-electron chi connectivity index (χ2n) is 5.52. The van der Waals surface area contributed by atoms with E-state index in [9.17, 15) is 4.79 Å². The number of aromatic nitrogens is 1. The summed E-state index contributed by atoms with van der Waals surface area (Å²) in [5, 5.41) is 1.16. The number of hydrogen-bond acceptors (Lipinski definition) is 2. The fourth-order valence-electron chi connectivity index (χ4n) is 2.44. The molecule has 0 bridgehead atoms. The third-order valence-corrected chi connectivity index (χ3v) is 3.69. The van der Waals surface area contributed by atoms with E-state index >= 15 is 0 Å². The first-order valence-corrected chi connectivity index (χ1v) is 8.18. The van der Waals surface area contributed by atoms with Crippen LogP contribution in [0.4, 0.5) is 0 Å². The van der Waals surface area contributed by atoms with Gasteiger partial charge in [-0.25, -0.2) is 4.98 Å². The zero-order valence-electron chi connectivity index (χ0n) is 13.1. The van der Waals surface area contributed by atoms with E-state index in [4.69, 9.17) is 0 Å². The van der Waals surface area contributed by atoms with Crippen molar-refractivity contribution in [1.82, 2.24) is 4.98 Å². The van der Waals surface area contributed by atoms with E-state index in [0.717, 1.165) is 42.1 Å². The molecule has 114 valence electrons. The molecule has 1 aromatic heterocycles. The van der Waals surface area contributed by atoms with Crippen molar-refractivity contribution in [3.8, 4) is 11.8 Å². The normalized spacial score (nSPS) is 10.2. The summed E-state index contributed by atoms with van der Waals surface area (Å²) in [4.78, 5) is 14.7. The van der Waals surface area contributed by atoms with Crippen molar-refractivity contribution in [1.29, 1.82) is 0 Å². The second kappa shape index (κ2) is 9.73. The van der Waals surface area contributed by atoms with Gasteiger partial charge in [0, 0.05) is 18.2 Å². The minimum absolute atomic E-state index is 0.713. The summed E-state index contributed by atoms with van der Waals surface area (Å²) < 4.78 is 0. The van der Waals surface area contributed by atoms with E-state index in [0.29, 0.717) is 6.42 Å². The molecule has 0 saturated heterocycles. The Morgan fingerprint density at radius 2 is 1.68 bits per heavy atom. The van der Waals surface area contributed by atoms with Crippen LogP contribution in [0.5, 0.6) is 0 Å². The fraction of sp³-hybridized carbons (Fsp3) is 0.400. The lowest BCUT2D eigenvalue weighted by atomic mass is 10.1. The number of pyridine rings is 1. The summed E-state index contributed by atoms with van der Waals surface area (Å²) in [7, 11) is 0. The third kappa shape index (κ3) is 5.69. The minimum Gasteiger partial charge on any atom is -0.303 e. The van der Waals surface area contributed by atoms with Crippen molar-refractivity contribution >= 4 is 17.2 Å². The predicted molar refractivity (Wildman–Crippen MR) is 91.6 cm³/mol. The van der Waals surface area contributed by atoms with Crippen molar-refractivity contribution in [2.45, 2.75) is 51.4 Å². The Balaban J connectivity index is 1.66. The van der Waals surface area contributed by atoms with E-state index in [1.165, 1.54) is 25.7 Å². The van der Waals surface area contributed by atoms with Gasteiger partial charge in [-0.3, -0.25) is 0 Å². The molecule has 0 atom stereocenters. The van der Waals surface area contributed by atoms with Gasteiger partial charge < -0.3 is 4.79 Å². The molecule has 1 aromatic carbocycles. The Bertz CT molecular complexity index is 651. The minimum atomic E-state index is 0.713. The number of aldehydes is 1. The fourth-order valence-corrected chi connectivity index (χ4v) is 2.44. The van der Waals surface area contributed by atoms with Crippen molar-refractivity contribution in [3.05, 3.63) is 42.1 Å². The number of carbonyl (C=O) groups is 1.